The SMILES string of the molecule is COC(=O)C(CNC(=O)C1CCNCC1)Cc1cccc(C)c1.Cl. The molecule has 1 unspecified atom stereocenters. The molecule has 0 saturated carbocycles. The van der Waals surface area contributed by atoms with Gasteiger partial charge in [0.2, 0.25) is 5.91 Å². The summed E-state index contributed by atoms with van der Waals surface area (Å²) >= 11 is 0. The topological polar surface area (TPSA) is 67.4 Å². The Morgan fingerprint density at radius 3 is 2.67 bits per heavy atom. The third-order valence-electron chi connectivity index (χ3n) is 4.33. The Hall–Kier alpha value is -1.59. The van der Waals surface area contributed by atoms with Crippen molar-refractivity contribution >= 4 is 24.3 Å². The second-order valence-corrected chi connectivity index (χ2v) is 6.18. The van der Waals surface area contributed by atoms with E-state index < -0.39 is 0 Å². The van der Waals surface area contributed by atoms with Crippen molar-refractivity contribution in [2.24, 2.45) is 11.8 Å². The number of benzene rings is 1. The summed E-state index contributed by atoms with van der Waals surface area (Å²) in [5, 5.41) is 6.18. The third-order valence-corrected chi connectivity index (χ3v) is 4.33. The van der Waals surface area contributed by atoms with Gasteiger partial charge < -0.3 is 15.4 Å². The van der Waals surface area contributed by atoms with E-state index in [9.17, 15) is 9.59 Å². The molecule has 1 aliphatic heterocycles. The molecule has 2 N–H and O–H groups in total. The number of nitrogens with one attached hydrogen (secondary N) is 2. The lowest BCUT2D eigenvalue weighted by Crippen LogP contribution is -2.41. The van der Waals surface area contributed by atoms with Crippen molar-refractivity contribution in [1.29, 1.82) is 0 Å². The van der Waals surface area contributed by atoms with E-state index in [4.69, 9.17) is 4.74 Å². The Bertz CT molecular complexity index is 545. The Morgan fingerprint density at radius 2 is 2.04 bits per heavy atom. The fourth-order valence-corrected chi connectivity index (χ4v) is 2.98. The summed E-state index contributed by atoms with van der Waals surface area (Å²) in [5.41, 5.74) is 2.24. The summed E-state index contributed by atoms with van der Waals surface area (Å²) in [6, 6.07) is 8.06. The lowest BCUT2D eigenvalue weighted by molar-refractivity contribution is -0.145. The largest absolute Gasteiger partial charge is 0.469 e. The van der Waals surface area contributed by atoms with Crippen LogP contribution in [0.25, 0.3) is 0 Å². The normalized spacial score (nSPS) is 15.9. The van der Waals surface area contributed by atoms with Gasteiger partial charge in [0.25, 0.3) is 0 Å². The second-order valence-electron chi connectivity index (χ2n) is 6.18. The fraction of sp³-hybridized carbons (Fsp3) is 0.556. The molecule has 1 saturated heterocycles. The van der Waals surface area contributed by atoms with Crippen LogP contribution in [0.1, 0.15) is 24.0 Å². The van der Waals surface area contributed by atoms with Crippen LogP contribution in [0.5, 0.6) is 0 Å². The predicted molar refractivity (Wildman–Crippen MR) is 96.2 cm³/mol. The van der Waals surface area contributed by atoms with Crippen LogP contribution in [-0.2, 0) is 20.7 Å². The molecule has 5 nitrogen and oxygen atoms in total. The molecular formula is C18H27ClN2O3. The van der Waals surface area contributed by atoms with Gasteiger partial charge in [-0.15, -0.1) is 12.4 Å². The first-order valence-electron chi connectivity index (χ1n) is 8.22. The number of esters is 1. The zero-order valence-electron chi connectivity index (χ0n) is 14.3. The molecule has 0 aromatic heterocycles. The minimum atomic E-state index is -0.354. The van der Waals surface area contributed by atoms with Gasteiger partial charge in [0.1, 0.15) is 0 Å². The minimum Gasteiger partial charge on any atom is -0.469 e. The van der Waals surface area contributed by atoms with Gasteiger partial charge in [-0.05, 0) is 44.8 Å². The van der Waals surface area contributed by atoms with E-state index in [1.807, 2.05) is 25.1 Å². The molecule has 0 bridgehead atoms. The lowest BCUT2D eigenvalue weighted by atomic mass is 9.95. The molecule has 1 amide bonds. The molecule has 134 valence electrons. The van der Waals surface area contributed by atoms with Crippen LogP contribution >= 0.6 is 12.4 Å². The number of piperidine rings is 1. The first-order valence-corrected chi connectivity index (χ1v) is 8.22. The van der Waals surface area contributed by atoms with Crippen LogP contribution in [0.2, 0.25) is 0 Å². The van der Waals surface area contributed by atoms with E-state index in [-0.39, 0.29) is 36.1 Å². The van der Waals surface area contributed by atoms with E-state index in [1.54, 1.807) is 0 Å². The van der Waals surface area contributed by atoms with Gasteiger partial charge in [0.05, 0.1) is 13.0 Å². The number of carbonyl (C=O) groups is 2. The van der Waals surface area contributed by atoms with Crippen molar-refractivity contribution in [1.82, 2.24) is 10.6 Å². The number of aryl methyl sites for hydroxylation is 1. The molecular weight excluding hydrogens is 328 g/mol. The Morgan fingerprint density at radius 1 is 1.33 bits per heavy atom. The molecule has 24 heavy (non-hydrogen) atoms. The van der Waals surface area contributed by atoms with Crippen LogP contribution in [0.4, 0.5) is 0 Å². The van der Waals surface area contributed by atoms with Crippen molar-refractivity contribution in [3.63, 3.8) is 0 Å². The highest BCUT2D eigenvalue weighted by atomic mass is 35.5. The standard InChI is InChI=1S/C18H26N2O3.ClH/c1-13-4-3-5-14(10-13)11-16(18(22)23-2)12-20-17(21)15-6-8-19-9-7-15;/h3-5,10,15-16,19H,6-9,11-12H2,1-2H3,(H,20,21);1H. The summed E-state index contributed by atoms with van der Waals surface area (Å²) in [5.74, 6) is -0.539. The van der Waals surface area contributed by atoms with Gasteiger partial charge in [-0.2, -0.15) is 0 Å². The van der Waals surface area contributed by atoms with E-state index in [0.717, 1.165) is 37.1 Å². The monoisotopic (exact) mass is 354 g/mol. The van der Waals surface area contributed by atoms with Crippen LogP contribution in [0.15, 0.2) is 24.3 Å². The van der Waals surface area contributed by atoms with Crippen LogP contribution in [-0.4, -0.2) is 38.6 Å². The summed E-state index contributed by atoms with van der Waals surface area (Å²) in [7, 11) is 1.39. The highest BCUT2D eigenvalue weighted by Gasteiger charge is 2.24. The van der Waals surface area contributed by atoms with Crippen molar-refractivity contribution in [2.45, 2.75) is 26.2 Å². The number of halogens is 1. The van der Waals surface area contributed by atoms with Gasteiger partial charge in [0, 0.05) is 12.5 Å². The maximum Gasteiger partial charge on any atom is 0.310 e. The second kappa shape index (κ2) is 10.3. The quantitative estimate of drug-likeness (QED) is 0.765. The van der Waals surface area contributed by atoms with E-state index in [0.29, 0.717) is 13.0 Å². The predicted octanol–water partition coefficient (Wildman–Crippen LogP) is 1.86. The highest BCUT2D eigenvalue weighted by Crippen LogP contribution is 2.14. The number of rotatable bonds is 6. The number of hydrogen-bond acceptors (Lipinski definition) is 4. The van der Waals surface area contributed by atoms with Gasteiger partial charge in [-0.25, -0.2) is 0 Å². The molecule has 6 heteroatoms. The molecule has 1 fully saturated rings. The summed E-state index contributed by atoms with van der Waals surface area (Å²) in [4.78, 5) is 24.2. The smallest absolute Gasteiger partial charge is 0.310 e. The van der Waals surface area contributed by atoms with Gasteiger partial charge in [-0.1, -0.05) is 29.8 Å². The van der Waals surface area contributed by atoms with E-state index >= 15 is 0 Å². The van der Waals surface area contributed by atoms with Gasteiger partial charge in [0.15, 0.2) is 0 Å². The van der Waals surface area contributed by atoms with Crippen LogP contribution in [0, 0.1) is 18.8 Å². The Labute approximate surface area is 149 Å². The molecule has 1 aliphatic rings. The summed E-state index contributed by atoms with van der Waals surface area (Å²) in [6.45, 7) is 4.10. The highest BCUT2D eigenvalue weighted by molar-refractivity contribution is 5.85. The number of methoxy groups -OCH3 is 1. The summed E-state index contributed by atoms with van der Waals surface area (Å²) in [6.07, 6.45) is 2.28. The van der Waals surface area contributed by atoms with E-state index in [1.165, 1.54) is 7.11 Å². The lowest BCUT2D eigenvalue weighted by Gasteiger charge is -2.23. The first kappa shape index (κ1) is 20.5. The van der Waals surface area contributed by atoms with E-state index in [2.05, 4.69) is 16.7 Å². The molecule has 0 aliphatic carbocycles. The summed E-state index contributed by atoms with van der Waals surface area (Å²) < 4.78 is 4.89. The zero-order chi connectivity index (χ0) is 16.7. The molecule has 2 rings (SSSR count). The Kier molecular flexibility index (Phi) is 8.79. The van der Waals surface area contributed by atoms with Crippen LogP contribution in [0.3, 0.4) is 0 Å². The minimum absolute atomic E-state index is 0. The fourth-order valence-electron chi connectivity index (χ4n) is 2.98. The van der Waals surface area contributed by atoms with Gasteiger partial charge in [-0.3, -0.25) is 9.59 Å². The van der Waals surface area contributed by atoms with Crippen molar-refractivity contribution in [2.75, 3.05) is 26.7 Å². The van der Waals surface area contributed by atoms with Crippen molar-refractivity contribution in [3.05, 3.63) is 35.4 Å². The molecule has 1 aromatic rings. The molecule has 1 atom stereocenters. The van der Waals surface area contributed by atoms with Crippen molar-refractivity contribution < 1.29 is 14.3 Å². The zero-order valence-corrected chi connectivity index (χ0v) is 15.2. The third kappa shape index (κ3) is 6.13. The molecule has 0 spiro atoms. The first-order chi connectivity index (χ1) is 11.1. The maximum atomic E-state index is 12.2. The average Bonchev–Trinajstić information content (AvgIpc) is 2.58. The average molecular weight is 355 g/mol. The van der Waals surface area contributed by atoms with Gasteiger partial charge >= 0.3 is 5.97 Å². The molecule has 0 radical (unpaired) electrons. The number of ether oxygens (including phenoxy) is 1. The van der Waals surface area contributed by atoms with Crippen molar-refractivity contribution in [3.8, 4) is 0 Å². The Balaban J connectivity index is 0.00000288. The number of amides is 1. The van der Waals surface area contributed by atoms with Crippen LogP contribution < -0.4 is 10.6 Å². The maximum absolute atomic E-state index is 12.2. The number of carbonyl (C=O) groups excluding carboxylic acids is 2. The molecule has 1 aromatic carbocycles. The number of hydrogen-bond donors (Lipinski definition) is 2. The molecule has 1 heterocycles.